The minimum Gasteiger partial charge on any atom is -0.495 e. The number of carboxylic acid groups (broad SMARTS) is 1. The Morgan fingerprint density at radius 3 is 2.45 bits per heavy atom. The maximum atomic E-state index is 14.3. The van der Waals surface area contributed by atoms with Gasteiger partial charge in [0, 0.05) is 58.7 Å². The Bertz CT molecular complexity index is 2170. The van der Waals surface area contributed by atoms with E-state index in [9.17, 15) is 43.8 Å². The molecule has 0 radical (unpaired) electrons. The van der Waals surface area contributed by atoms with Crippen molar-refractivity contribution < 1.29 is 67.5 Å². The Morgan fingerprint density at radius 2 is 1.79 bits per heavy atom. The molecule has 368 valence electrons. The molecule has 6 rings (SSSR count). The number of rotatable bonds is 12. The summed E-state index contributed by atoms with van der Waals surface area (Å²) >= 11 is 8.00. The second kappa shape index (κ2) is 21.3. The van der Waals surface area contributed by atoms with E-state index in [0.29, 0.717) is 43.5 Å². The number of benzene rings is 1. The van der Waals surface area contributed by atoms with Crippen molar-refractivity contribution >= 4 is 70.7 Å². The highest BCUT2D eigenvalue weighted by Crippen LogP contribution is 2.49. The number of hydrogen-bond acceptors (Lipinski definition) is 14. The molecule has 0 spiro atoms. The summed E-state index contributed by atoms with van der Waals surface area (Å²) < 4.78 is 29.4. The van der Waals surface area contributed by atoms with Crippen LogP contribution in [0.25, 0.3) is 0 Å². The number of amides is 5. The monoisotopic (exact) mass is 974 g/mol. The number of fused-ring (bicyclic) bond motifs is 5. The second-order valence-electron chi connectivity index (χ2n) is 18.6. The van der Waals surface area contributed by atoms with E-state index >= 15 is 0 Å². The molecule has 1 aromatic rings. The number of imide groups is 1. The normalized spacial score (nSPS) is 33.1. The first-order valence-corrected chi connectivity index (χ1v) is 24.1. The highest BCUT2D eigenvalue weighted by molar-refractivity contribution is 8.00. The number of carbonyl (C=O) groups excluding carboxylic acids is 6. The number of carboxylic acids is 1. The number of alkyl carbamates (subject to hydrolysis) is 1. The minimum atomic E-state index is -1.88. The van der Waals surface area contributed by atoms with E-state index in [2.05, 4.69) is 5.32 Å². The molecule has 1 aliphatic carbocycles. The molecule has 1 saturated carbocycles. The van der Waals surface area contributed by atoms with Crippen LogP contribution in [-0.4, -0.2) is 149 Å². The number of ether oxygens (including phenoxy) is 5. The van der Waals surface area contributed by atoms with Gasteiger partial charge in [-0.05, 0) is 76.5 Å². The minimum absolute atomic E-state index is 0.00460. The number of allylic oxidation sites excluding steroid dienone is 3. The number of nitrogens with one attached hydrogen (secondary N) is 1. The van der Waals surface area contributed by atoms with Crippen LogP contribution in [0.3, 0.4) is 0 Å². The van der Waals surface area contributed by atoms with Gasteiger partial charge in [-0.25, -0.2) is 9.59 Å². The number of thioether (sulfide) groups is 1. The molecule has 5 amide bonds. The van der Waals surface area contributed by atoms with Crippen molar-refractivity contribution in [3.05, 3.63) is 46.5 Å². The number of likely N-dealkylation sites (tertiary alicyclic amines) is 1. The van der Waals surface area contributed by atoms with Gasteiger partial charge in [-0.3, -0.25) is 34.2 Å². The molecule has 3 unspecified atom stereocenters. The first-order valence-electron chi connectivity index (χ1n) is 22.6. The van der Waals surface area contributed by atoms with Crippen molar-refractivity contribution in [2.75, 3.05) is 45.5 Å². The van der Waals surface area contributed by atoms with Crippen LogP contribution in [0.1, 0.15) is 84.6 Å². The van der Waals surface area contributed by atoms with Gasteiger partial charge in [-0.1, -0.05) is 42.3 Å². The number of halogens is 1. The van der Waals surface area contributed by atoms with Gasteiger partial charge in [0.25, 0.3) is 0 Å². The molecule has 3 saturated heterocycles. The lowest BCUT2D eigenvalue weighted by atomic mass is 9.82. The van der Waals surface area contributed by atoms with Gasteiger partial charge in [-0.2, -0.15) is 0 Å². The van der Waals surface area contributed by atoms with E-state index < -0.39 is 88.7 Å². The van der Waals surface area contributed by atoms with Gasteiger partial charge < -0.3 is 43.7 Å². The molecule has 18 nitrogen and oxygen atoms in total. The fourth-order valence-corrected chi connectivity index (χ4v) is 10.9. The molecule has 4 bridgehead atoms. The smallest absolute Gasteiger partial charge is 0.409 e. The largest absolute Gasteiger partial charge is 0.495 e. The highest BCUT2D eigenvalue weighted by atomic mass is 35.5. The van der Waals surface area contributed by atoms with Crippen molar-refractivity contribution in [1.29, 1.82) is 0 Å². The number of anilines is 1. The summed E-state index contributed by atoms with van der Waals surface area (Å²) in [5.74, 6) is -3.58. The number of likely N-dealkylation sites (N-methyl/N-ethyl adjacent to an activating group) is 1. The highest BCUT2D eigenvalue weighted by Gasteiger charge is 2.64. The number of esters is 1. The lowest BCUT2D eigenvalue weighted by Gasteiger charge is -2.42. The standard InChI is InChI=1S/C47H63ClN4O14S/c1-25-10-9-11-35(63-8)47(61)23-33(64-45(60)49-47)26(2)41-46(4,66-41)36(22-38(54)51(6)31-19-29(18-25)20-32(62-7)40(31)48)65-44(59)27(3)50(5)37(53)16-17-67-34-21-39(55)52(42(34)56)24-28-12-14-30(15-13-28)43(57)58/h9-11,19-20,26-28,30,33-36,41,61H,12-18,21-24H2,1-8H3,(H,49,60)(H,57,58)/b11-9+,25-10+/t26-,27+,28?,30?,33?,34?,35-,36+,41?,46+,47+/m1/s1. The lowest BCUT2D eigenvalue weighted by Crippen LogP contribution is -2.63. The zero-order valence-corrected chi connectivity index (χ0v) is 40.9. The SMILES string of the molecule is COc1cc2cc(c1Cl)N(C)C(=O)C[C@H](OC(=O)[C@H](C)N(C)C(=O)CCSC1CC(=O)N(CC3CCC(C(=O)O)CC3)C1=O)[C@]1(C)OC1[C@H](C)C1C[C@@](O)(NC(=O)O1)[C@H](OC)/C=C/C=C(\C)C2. The van der Waals surface area contributed by atoms with Crippen LogP contribution in [0.15, 0.2) is 35.9 Å². The summed E-state index contributed by atoms with van der Waals surface area (Å²) in [6, 6.07) is 2.40. The lowest BCUT2D eigenvalue weighted by molar-refractivity contribution is -0.162. The van der Waals surface area contributed by atoms with Crippen molar-refractivity contribution in [2.24, 2.45) is 17.8 Å². The first-order chi connectivity index (χ1) is 31.6. The zero-order chi connectivity index (χ0) is 49.1. The fraction of sp³-hybridized carbons (Fsp3) is 0.638. The van der Waals surface area contributed by atoms with E-state index in [1.807, 2.05) is 13.0 Å². The quantitative estimate of drug-likeness (QED) is 0.147. The van der Waals surface area contributed by atoms with Crippen LogP contribution in [0.2, 0.25) is 5.02 Å². The number of hydrogen-bond donors (Lipinski definition) is 3. The number of methoxy groups -OCH3 is 2. The van der Waals surface area contributed by atoms with Gasteiger partial charge in [0.15, 0.2) is 5.72 Å². The van der Waals surface area contributed by atoms with E-state index in [4.69, 9.17) is 35.3 Å². The molecular weight excluding hydrogens is 912 g/mol. The second-order valence-corrected chi connectivity index (χ2v) is 20.3. The van der Waals surface area contributed by atoms with Crippen LogP contribution < -0.4 is 15.0 Å². The summed E-state index contributed by atoms with van der Waals surface area (Å²) in [7, 11) is 5.87. The van der Waals surface area contributed by atoms with E-state index in [1.54, 1.807) is 45.2 Å². The van der Waals surface area contributed by atoms with Crippen LogP contribution >= 0.6 is 23.4 Å². The third kappa shape index (κ3) is 11.6. The Morgan fingerprint density at radius 1 is 1.09 bits per heavy atom. The molecule has 3 N–H and O–H groups in total. The van der Waals surface area contributed by atoms with Crippen molar-refractivity contribution in [1.82, 2.24) is 15.1 Å². The Hall–Kier alpha value is -4.69. The van der Waals surface area contributed by atoms with E-state index in [-0.39, 0.29) is 60.7 Å². The van der Waals surface area contributed by atoms with Crippen LogP contribution in [0, 0.1) is 17.8 Å². The molecule has 5 aliphatic rings. The molecule has 4 aliphatic heterocycles. The van der Waals surface area contributed by atoms with Gasteiger partial charge in [-0.15, -0.1) is 11.8 Å². The van der Waals surface area contributed by atoms with Gasteiger partial charge in [0.1, 0.15) is 40.7 Å². The maximum Gasteiger partial charge on any atom is 0.409 e. The molecule has 20 heteroatoms. The van der Waals surface area contributed by atoms with E-state index in [1.165, 1.54) is 54.7 Å². The molecule has 1 aromatic carbocycles. The summed E-state index contributed by atoms with van der Waals surface area (Å²) in [5.41, 5.74) is -1.16. The van der Waals surface area contributed by atoms with Gasteiger partial charge in [0.05, 0.1) is 36.5 Å². The zero-order valence-electron chi connectivity index (χ0n) is 39.3. The molecule has 9 atom stereocenters. The molecule has 4 heterocycles. The molecule has 0 aromatic heterocycles. The Kier molecular flexibility index (Phi) is 16.4. The van der Waals surface area contributed by atoms with Crippen molar-refractivity contribution in [2.45, 2.75) is 133 Å². The van der Waals surface area contributed by atoms with E-state index in [0.717, 1.165) is 11.1 Å². The fourth-order valence-electron chi connectivity index (χ4n) is 9.51. The van der Waals surface area contributed by atoms with Gasteiger partial charge in [0.2, 0.25) is 23.6 Å². The molecule has 4 fully saturated rings. The predicted molar refractivity (Wildman–Crippen MR) is 246 cm³/mol. The van der Waals surface area contributed by atoms with Crippen molar-refractivity contribution in [3.8, 4) is 5.75 Å². The average molecular weight is 976 g/mol. The molecular formula is C47H63ClN4O14S. The third-order valence-corrected chi connectivity index (χ3v) is 15.6. The van der Waals surface area contributed by atoms with Crippen LogP contribution in [-0.2, 0) is 54.1 Å². The predicted octanol–water partition coefficient (Wildman–Crippen LogP) is 4.66. The van der Waals surface area contributed by atoms with Crippen LogP contribution in [0.4, 0.5) is 10.5 Å². The first kappa shape index (κ1) is 51.7. The maximum absolute atomic E-state index is 14.3. The topological polar surface area (TPSA) is 231 Å². The summed E-state index contributed by atoms with van der Waals surface area (Å²) in [4.78, 5) is 96.2. The summed E-state index contributed by atoms with van der Waals surface area (Å²) in [6.07, 6.45) is 2.63. The van der Waals surface area contributed by atoms with Gasteiger partial charge >= 0.3 is 18.0 Å². The average Bonchev–Trinajstić information content (AvgIpc) is 3.91. The number of carbonyl (C=O) groups is 7. The Labute approximate surface area is 400 Å². The summed E-state index contributed by atoms with van der Waals surface area (Å²) in [6.45, 7) is 7.10. The molecule has 67 heavy (non-hydrogen) atoms. The number of aliphatic carboxylic acids is 1. The Balaban J connectivity index is 1.16. The van der Waals surface area contributed by atoms with Crippen LogP contribution in [0.5, 0.6) is 5.75 Å². The number of nitrogens with zero attached hydrogens (tertiary/aromatic N) is 3. The number of epoxide rings is 1. The summed E-state index contributed by atoms with van der Waals surface area (Å²) in [5, 5.41) is 23.2. The number of aliphatic hydroxyl groups is 1. The third-order valence-electron chi connectivity index (χ3n) is 14.0. The van der Waals surface area contributed by atoms with Crippen molar-refractivity contribution in [3.63, 3.8) is 0 Å².